The van der Waals surface area contributed by atoms with Gasteiger partial charge in [0.2, 0.25) is 0 Å². The van der Waals surface area contributed by atoms with E-state index in [1.807, 2.05) is 6.92 Å². The summed E-state index contributed by atoms with van der Waals surface area (Å²) in [6.45, 7) is 6.10. The van der Waals surface area contributed by atoms with Crippen LogP contribution < -0.4 is 0 Å². The molecular weight excluding hydrogens is 152 g/mol. The molecule has 0 aromatic rings. The van der Waals surface area contributed by atoms with Crippen LogP contribution in [0.4, 0.5) is 0 Å². The molecule has 2 heteroatoms. The number of aliphatic hydroxyl groups excluding tert-OH is 1. The molecule has 0 saturated heterocycles. The van der Waals surface area contributed by atoms with Crippen molar-refractivity contribution in [3.63, 3.8) is 0 Å². The van der Waals surface area contributed by atoms with Crippen LogP contribution in [0.2, 0.25) is 0 Å². The molecule has 70 valence electrons. The monoisotopic (exact) mass is 170 g/mol. The Bertz CT molecular complexity index is 208. The van der Waals surface area contributed by atoms with E-state index >= 15 is 0 Å². The number of hydrogen-bond acceptors (Lipinski definition) is 2. The first-order chi connectivity index (χ1) is 5.37. The van der Waals surface area contributed by atoms with Gasteiger partial charge in [0.05, 0.1) is 11.7 Å². The van der Waals surface area contributed by atoms with Crippen molar-refractivity contribution < 1.29 is 10.2 Å². The van der Waals surface area contributed by atoms with Gasteiger partial charge in [0, 0.05) is 5.92 Å². The van der Waals surface area contributed by atoms with E-state index < -0.39 is 5.60 Å². The second-order valence-corrected chi connectivity index (χ2v) is 5.21. The molecule has 2 N–H and O–H groups in total. The molecule has 2 saturated carbocycles. The molecular formula is C10H18O2. The molecule has 0 heterocycles. The van der Waals surface area contributed by atoms with Gasteiger partial charge in [0.1, 0.15) is 0 Å². The summed E-state index contributed by atoms with van der Waals surface area (Å²) in [5.74, 6) is 0.616. The topological polar surface area (TPSA) is 40.5 Å². The Labute approximate surface area is 73.6 Å². The Morgan fingerprint density at radius 1 is 1.17 bits per heavy atom. The van der Waals surface area contributed by atoms with Gasteiger partial charge in [-0.2, -0.15) is 0 Å². The van der Waals surface area contributed by atoms with Crippen LogP contribution in [0.3, 0.4) is 0 Å². The minimum Gasteiger partial charge on any atom is -0.393 e. The Morgan fingerprint density at radius 2 is 1.75 bits per heavy atom. The highest BCUT2D eigenvalue weighted by molar-refractivity contribution is 5.12. The highest BCUT2D eigenvalue weighted by Crippen LogP contribution is 2.61. The average molecular weight is 170 g/mol. The molecule has 0 amide bonds. The summed E-state index contributed by atoms with van der Waals surface area (Å²) in [6, 6.07) is 0. The minimum atomic E-state index is -0.671. The van der Waals surface area contributed by atoms with E-state index in [2.05, 4.69) is 13.8 Å². The first-order valence-corrected chi connectivity index (χ1v) is 4.78. The predicted octanol–water partition coefficient (Wildman–Crippen LogP) is 1.16. The summed E-state index contributed by atoms with van der Waals surface area (Å²) in [7, 11) is 0. The largest absolute Gasteiger partial charge is 0.393 e. The van der Waals surface area contributed by atoms with Gasteiger partial charge in [-0.05, 0) is 31.1 Å². The molecule has 0 aromatic heterocycles. The van der Waals surface area contributed by atoms with Gasteiger partial charge in [0.15, 0.2) is 0 Å². The van der Waals surface area contributed by atoms with Crippen molar-refractivity contribution in [1.82, 2.24) is 0 Å². The lowest BCUT2D eigenvalue weighted by atomic mass is 9.65. The normalized spacial score (nSPS) is 56.2. The van der Waals surface area contributed by atoms with E-state index in [1.54, 1.807) is 0 Å². The van der Waals surface area contributed by atoms with Crippen molar-refractivity contribution in [2.75, 3.05) is 0 Å². The van der Waals surface area contributed by atoms with Crippen molar-refractivity contribution in [1.29, 1.82) is 0 Å². The predicted molar refractivity (Wildman–Crippen MR) is 46.6 cm³/mol. The van der Waals surface area contributed by atoms with Crippen LogP contribution in [0.15, 0.2) is 0 Å². The molecule has 12 heavy (non-hydrogen) atoms. The standard InChI is InChI=1S/C10H18O2/c1-9(2)6-4-7(8(11)5-6)10(9,3)12/h6-8,11-12H,4-5H2,1-3H3. The Balaban J connectivity index is 2.36. The first-order valence-electron chi connectivity index (χ1n) is 4.78. The number of aliphatic hydroxyl groups is 2. The van der Waals surface area contributed by atoms with Gasteiger partial charge >= 0.3 is 0 Å². The molecule has 2 aliphatic carbocycles. The maximum Gasteiger partial charge on any atom is 0.0725 e. The van der Waals surface area contributed by atoms with E-state index in [0.29, 0.717) is 5.92 Å². The second kappa shape index (κ2) is 2.05. The SMILES string of the molecule is CC1(C)C2CC(O)C(C2)C1(C)O. The summed E-state index contributed by atoms with van der Waals surface area (Å²) in [5, 5.41) is 19.9. The van der Waals surface area contributed by atoms with Crippen LogP contribution >= 0.6 is 0 Å². The molecule has 0 aromatic carbocycles. The molecule has 2 bridgehead atoms. The van der Waals surface area contributed by atoms with Crippen molar-refractivity contribution in [3.05, 3.63) is 0 Å². The molecule has 0 aliphatic heterocycles. The lowest BCUT2D eigenvalue weighted by molar-refractivity contribution is -0.127. The number of hydrogen-bond donors (Lipinski definition) is 2. The Morgan fingerprint density at radius 3 is 2.08 bits per heavy atom. The molecule has 4 atom stereocenters. The third kappa shape index (κ3) is 0.728. The van der Waals surface area contributed by atoms with Gasteiger partial charge in [-0.3, -0.25) is 0 Å². The number of fused-ring (bicyclic) bond motifs is 2. The summed E-state index contributed by atoms with van der Waals surface area (Å²) in [4.78, 5) is 0. The summed E-state index contributed by atoms with van der Waals surface area (Å²) in [5.41, 5.74) is -0.688. The van der Waals surface area contributed by atoms with E-state index in [1.165, 1.54) is 0 Å². The van der Waals surface area contributed by atoms with Crippen molar-refractivity contribution in [2.24, 2.45) is 17.3 Å². The average Bonchev–Trinajstić information content (AvgIpc) is 2.35. The lowest BCUT2D eigenvalue weighted by Gasteiger charge is -2.45. The zero-order valence-corrected chi connectivity index (χ0v) is 8.04. The molecule has 2 aliphatic rings. The van der Waals surface area contributed by atoms with Crippen LogP contribution in [0.1, 0.15) is 33.6 Å². The fourth-order valence-electron chi connectivity index (χ4n) is 3.10. The van der Waals surface area contributed by atoms with E-state index in [-0.39, 0.29) is 17.4 Å². The Kier molecular flexibility index (Phi) is 1.45. The number of rotatable bonds is 0. The van der Waals surface area contributed by atoms with Crippen molar-refractivity contribution in [2.45, 2.75) is 45.3 Å². The summed E-state index contributed by atoms with van der Waals surface area (Å²) in [6.07, 6.45) is 1.62. The van der Waals surface area contributed by atoms with Gasteiger partial charge in [-0.25, -0.2) is 0 Å². The van der Waals surface area contributed by atoms with E-state index in [4.69, 9.17) is 0 Å². The van der Waals surface area contributed by atoms with Gasteiger partial charge in [-0.15, -0.1) is 0 Å². The van der Waals surface area contributed by atoms with Crippen LogP contribution in [0.25, 0.3) is 0 Å². The van der Waals surface area contributed by atoms with Crippen molar-refractivity contribution >= 4 is 0 Å². The maximum atomic E-state index is 10.2. The second-order valence-electron chi connectivity index (χ2n) is 5.21. The minimum absolute atomic E-state index is 0.0170. The zero-order valence-electron chi connectivity index (χ0n) is 8.04. The van der Waals surface area contributed by atoms with Gasteiger partial charge < -0.3 is 10.2 Å². The van der Waals surface area contributed by atoms with Crippen molar-refractivity contribution in [3.8, 4) is 0 Å². The lowest BCUT2D eigenvalue weighted by Crippen LogP contribution is -2.51. The molecule has 2 fully saturated rings. The van der Waals surface area contributed by atoms with Crippen LogP contribution in [-0.4, -0.2) is 21.9 Å². The molecule has 0 radical (unpaired) electrons. The Hall–Kier alpha value is -0.0800. The molecule has 0 spiro atoms. The van der Waals surface area contributed by atoms with Gasteiger partial charge in [0.25, 0.3) is 0 Å². The van der Waals surface area contributed by atoms with Gasteiger partial charge in [-0.1, -0.05) is 13.8 Å². The van der Waals surface area contributed by atoms with E-state index in [0.717, 1.165) is 12.8 Å². The fraction of sp³-hybridized carbons (Fsp3) is 1.00. The highest BCUT2D eigenvalue weighted by Gasteiger charge is 2.63. The third-order valence-electron chi connectivity index (χ3n) is 4.58. The smallest absolute Gasteiger partial charge is 0.0725 e. The molecule has 4 unspecified atom stereocenters. The molecule has 2 nitrogen and oxygen atoms in total. The first kappa shape index (κ1) is 8.52. The fourth-order valence-corrected chi connectivity index (χ4v) is 3.10. The van der Waals surface area contributed by atoms with Crippen LogP contribution in [0.5, 0.6) is 0 Å². The molecule has 2 rings (SSSR count). The van der Waals surface area contributed by atoms with Crippen LogP contribution in [-0.2, 0) is 0 Å². The van der Waals surface area contributed by atoms with Crippen LogP contribution in [0, 0.1) is 17.3 Å². The third-order valence-corrected chi connectivity index (χ3v) is 4.58. The summed E-state index contributed by atoms with van der Waals surface area (Å²) < 4.78 is 0. The maximum absolute atomic E-state index is 10.2. The summed E-state index contributed by atoms with van der Waals surface area (Å²) >= 11 is 0. The highest BCUT2D eigenvalue weighted by atomic mass is 16.3. The quantitative estimate of drug-likeness (QED) is 0.573. The van der Waals surface area contributed by atoms with E-state index in [9.17, 15) is 10.2 Å². The zero-order chi connectivity index (χ0) is 9.15.